The first-order valence-corrected chi connectivity index (χ1v) is 9.83. The maximum Gasteiger partial charge on any atom is 0.313 e. The second-order valence-corrected chi connectivity index (χ2v) is 7.12. The van der Waals surface area contributed by atoms with Crippen LogP contribution in [0.5, 0.6) is 5.75 Å². The van der Waals surface area contributed by atoms with E-state index in [0.717, 1.165) is 0 Å². The smallest absolute Gasteiger partial charge is 0.313 e. The molecule has 1 aliphatic heterocycles. The van der Waals surface area contributed by atoms with Crippen molar-refractivity contribution in [1.29, 1.82) is 5.41 Å². The molecule has 3 N–H and O–H groups in total. The fourth-order valence-electron chi connectivity index (χ4n) is 3.38. The predicted octanol–water partition coefficient (Wildman–Crippen LogP) is 2.17. The highest BCUT2D eigenvalue weighted by molar-refractivity contribution is 5.95. The summed E-state index contributed by atoms with van der Waals surface area (Å²) in [5.41, 5.74) is 6.35. The zero-order valence-electron chi connectivity index (χ0n) is 17.3. The number of hydrogen-bond acceptors (Lipinski definition) is 6. The minimum Gasteiger partial charge on any atom is -0.497 e. The Kier molecular flexibility index (Phi) is 7.07. The largest absolute Gasteiger partial charge is 0.497 e. The molecule has 164 valence electrons. The van der Waals surface area contributed by atoms with Gasteiger partial charge in [0.05, 0.1) is 12.8 Å². The molecule has 0 aliphatic carbocycles. The lowest BCUT2D eigenvalue weighted by atomic mass is 10.1. The summed E-state index contributed by atoms with van der Waals surface area (Å²) in [6, 6.07) is 11.9. The summed E-state index contributed by atoms with van der Waals surface area (Å²) >= 11 is 0. The van der Waals surface area contributed by atoms with Gasteiger partial charge in [-0.1, -0.05) is 18.2 Å². The second-order valence-electron chi connectivity index (χ2n) is 7.12. The van der Waals surface area contributed by atoms with E-state index in [0.29, 0.717) is 43.2 Å². The number of nitrogens with two attached hydrogens (primary N) is 1. The van der Waals surface area contributed by atoms with Gasteiger partial charge in [-0.15, -0.1) is 0 Å². The zero-order chi connectivity index (χ0) is 22.4. The van der Waals surface area contributed by atoms with Crippen LogP contribution in [0, 0.1) is 11.2 Å². The maximum absolute atomic E-state index is 15.0. The van der Waals surface area contributed by atoms with E-state index in [1.54, 1.807) is 54.5 Å². The van der Waals surface area contributed by atoms with Gasteiger partial charge >= 0.3 is 5.97 Å². The number of nitrogens with one attached hydrogen (secondary N) is 1. The SMILES string of the molecule is COc1cccc(C(=O)N2CCN(c3cccc(COC(=O)CC(=N)N)c3F)CC2)c1. The molecule has 1 heterocycles. The minimum absolute atomic E-state index is 0.0924. The van der Waals surface area contributed by atoms with E-state index in [1.165, 1.54) is 0 Å². The summed E-state index contributed by atoms with van der Waals surface area (Å²) in [6.45, 7) is 1.61. The Morgan fingerprint density at radius 1 is 1.13 bits per heavy atom. The van der Waals surface area contributed by atoms with Gasteiger partial charge in [0.25, 0.3) is 5.91 Å². The first-order chi connectivity index (χ1) is 14.9. The molecule has 0 aromatic heterocycles. The van der Waals surface area contributed by atoms with Crippen LogP contribution in [0.15, 0.2) is 42.5 Å². The molecule has 3 rings (SSSR count). The Balaban J connectivity index is 1.62. The number of methoxy groups -OCH3 is 1. The number of amidine groups is 1. The minimum atomic E-state index is -0.679. The van der Waals surface area contributed by atoms with Crippen molar-refractivity contribution in [3.8, 4) is 5.75 Å². The number of carbonyl (C=O) groups excluding carboxylic acids is 2. The molecule has 0 atom stereocenters. The third kappa shape index (κ3) is 5.50. The van der Waals surface area contributed by atoms with Crippen LogP contribution in [0.25, 0.3) is 0 Å². The molecule has 0 spiro atoms. The number of carbonyl (C=O) groups is 2. The number of rotatable bonds is 7. The Bertz CT molecular complexity index is 974. The molecule has 1 saturated heterocycles. The molecule has 2 aromatic carbocycles. The lowest BCUT2D eigenvalue weighted by Crippen LogP contribution is -2.49. The third-order valence-electron chi connectivity index (χ3n) is 5.01. The fourth-order valence-corrected chi connectivity index (χ4v) is 3.38. The summed E-state index contributed by atoms with van der Waals surface area (Å²) in [6.07, 6.45) is -0.329. The van der Waals surface area contributed by atoms with Crippen molar-refractivity contribution in [2.75, 3.05) is 38.2 Å². The summed E-state index contributed by atoms with van der Waals surface area (Å²) < 4.78 is 25.2. The molecule has 2 aromatic rings. The summed E-state index contributed by atoms with van der Waals surface area (Å²) in [7, 11) is 1.55. The molecule has 31 heavy (non-hydrogen) atoms. The van der Waals surface area contributed by atoms with E-state index in [9.17, 15) is 14.0 Å². The summed E-state index contributed by atoms with van der Waals surface area (Å²) in [5, 5.41) is 7.10. The van der Waals surface area contributed by atoms with Crippen LogP contribution in [-0.2, 0) is 16.1 Å². The molecule has 1 fully saturated rings. The molecule has 1 amide bonds. The molecule has 8 nitrogen and oxygen atoms in total. The van der Waals surface area contributed by atoms with Gasteiger partial charge in [0.2, 0.25) is 0 Å². The van der Waals surface area contributed by atoms with Crippen LogP contribution in [-0.4, -0.2) is 55.9 Å². The van der Waals surface area contributed by atoms with Crippen LogP contribution in [0.4, 0.5) is 10.1 Å². The van der Waals surface area contributed by atoms with Crippen molar-refractivity contribution in [1.82, 2.24) is 4.90 Å². The van der Waals surface area contributed by atoms with Crippen LogP contribution in [0.1, 0.15) is 22.3 Å². The van der Waals surface area contributed by atoms with Crippen molar-refractivity contribution < 1.29 is 23.5 Å². The number of piperazine rings is 1. The number of halogens is 1. The quantitative estimate of drug-likeness (QED) is 0.397. The van der Waals surface area contributed by atoms with Crippen molar-refractivity contribution >= 4 is 23.4 Å². The van der Waals surface area contributed by atoms with E-state index in [1.807, 2.05) is 4.90 Å². The van der Waals surface area contributed by atoms with E-state index < -0.39 is 11.8 Å². The fraction of sp³-hybridized carbons (Fsp3) is 0.318. The molecule has 0 radical (unpaired) electrons. The van der Waals surface area contributed by atoms with Crippen molar-refractivity contribution in [3.63, 3.8) is 0 Å². The molecule has 1 aliphatic rings. The third-order valence-corrected chi connectivity index (χ3v) is 5.01. The number of anilines is 1. The Labute approximate surface area is 179 Å². The monoisotopic (exact) mass is 428 g/mol. The first kappa shape index (κ1) is 22.1. The standard InChI is InChI=1S/C22H25FN4O4/c1-30-17-6-2-4-15(12-17)22(29)27-10-8-26(9-11-27)18-7-3-5-16(21(18)23)14-31-20(28)13-19(24)25/h2-7,12H,8-11,13-14H2,1H3,(H3,24,25). The van der Waals surface area contributed by atoms with Gasteiger partial charge in [-0.05, 0) is 24.3 Å². The highest BCUT2D eigenvalue weighted by Gasteiger charge is 2.24. The van der Waals surface area contributed by atoms with Gasteiger partial charge < -0.3 is 25.0 Å². The topological polar surface area (TPSA) is 109 Å². The normalized spacial score (nSPS) is 13.6. The van der Waals surface area contributed by atoms with Gasteiger partial charge in [0, 0.05) is 37.3 Å². The molecule has 0 saturated carbocycles. The van der Waals surface area contributed by atoms with Gasteiger partial charge in [0.1, 0.15) is 24.6 Å². The number of ether oxygens (including phenoxy) is 2. The molecule has 0 bridgehead atoms. The van der Waals surface area contributed by atoms with Crippen molar-refractivity contribution in [2.24, 2.45) is 5.73 Å². The first-order valence-electron chi connectivity index (χ1n) is 9.83. The van der Waals surface area contributed by atoms with Gasteiger partial charge in [-0.3, -0.25) is 15.0 Å². The Morgan fingerprint density at radius 2 is 1.84 bits per heavy atom. The zero-order valence-corrected chi connectivity index (χ0v) is 17.3. The number of nitrogens with zero attached hydrogens (tertiary/aromatic N) is 2. The van der Waals surface area contributed by atoms with Crippen molar-refractivity contribution in [2.45, 2.75) is 13.0 Å². The van der Waals surface area contributed by atoms with E-state index in [-0.39, 0.29) is 30.3 Å². The highest BCUT2D eigenvalue weighted by atomic mass is 19.1. The average Bonchev–Trinajstić information content (AvgIpc) is 2.77. The average molecular weight is 428 g/mol. The summed E-state index contributed by atoms with van der Waals surface area (Å²) in [4.78, 5) is 27.9. The Morgan fingerprint density at radius 3 is 2.52 bits per heavy atom. The summed E-state index contributed by atoms with van der Waals surface area (Å²) in [5.74, 6) is -0.925. The van der Waals surface area contributed by atoms with Crippen LogP contribution in [0.2, 0.25) is 0 Å². The molecule has 0 unspecified atom stereocenters. The van der Waals surface area contributed by atoms with E-state index >= 15 is 0 Å². The highest BCUT2D eigenvalue weighted by Crippen LogP contribution is 2.25. The molecule has 9 heteroatoms. The van der Waals surface area contributed by atoms with Gasteiger partial charge in [-0.25, -0.2) is 4.39 Å². The maximum atomic E-state index is 15.0. The number of benzene rings is 2. The van der Waals surface area contributed by atoms with Crippen LogP contribution >= 0.6 is 0 Å². The van der Waals surface area contributed by atoms with Crippen LogP contribution < -0.4 is 15.4 Å². The van der Waals surface area contributed by atoms with E-state index in [4.69, 9.17) is 20.6 Å². The van der Waals surface area contributed by atoms with Crippen LogP contribution in [0.3, 0.4) is 0 Å². The lowest BCUT2D eigenvalue weighted by Gasteiger charge is -2.36. The number of amides is 1. The van der Waals surface area contributed by atoms with Gasteiger partial charge in [0.15, 0.2) is 5.82 Å². The predicted molar refractivity (Wildman–Crippen MR) is 114 cm³/mol. The number of hydrogen-bond donors (Lipinski definition) is 2. The van der Waals surface area contributed by atoms with Crippen molar-refractivity contribution in [3.05, 3.63) is 59.4 Å². The Hall–Kier alpha value is -3.62. The molecular formula is C22H25FN4O4. The van der Waals surface area contributed by atoms with Gasteiger partial charge in [-0.2, -0.15) is 0 Å². The van der Waals surface area contributed by atoms with E-state index in [2.05, 4.69) is 0 Å². The number of esters is 1. The lowest BCUT2D eigenvalue weighted by molar-refractivity contribution is -0.143. The molecular weight excluding hydrogens is 403 g/mol. The second kappa shape index (κ2) is 9.92.